The predicted octanol–water partition coefficient (Wildman–Crippen LogP) is 2.84. The molecule has 0 aliphatic carbocycles. The van der Waals surface area contributed by atoms with E-state index in [9.17, 15) is 8.42 Å². The molecule has 0 atom stereocenters. The van der Waals surface area contributed by atoms with Crippen LogP contribution in [0.2, 0.25) is 0 Å². The Hall–Kier alpha value is -2.40. The molecule has 2 aromatic carbocycles. The number of benzene rings is 2. The van der Waals surface area contributed by atoms with Crippen LogP contribution in [0.3, 0.4) is 0 Å². The number of hydrogen-bond acceptors (Lipinski definition) is 4. The van der Waals surface area contributed by atoms with Crippen molar-refractivity contribution in [3.05, 3.63) is 78.1 Å². The van der Waals surface area contributed by atoms with Crippen LogP contribution in [0.5, 0.6) is 0 Å². The van der Waals surface area contributed by atoms with Crippen LogP contribution in [0.15, 0.2) is 76.9 Å². The van der Waals surface area contributed by atoms with Crippen LogP contribution in [0.1, 0.15) is 11.1 Å². The average Bonchev–Trinajstić information content (AvgIpc) is 3.22. The lowest BCUT2D eigenvalue weighted by molar-refractivity contribution is 0.602. The Balaban J connectivity index is 0.00000341. The van der Waals surface area contributed by atoms with E-state index in [2.05, 4.69) is 20.7 Å². The molecule has 1 heterocycles. The van der Waals surface area contributed by atoms with Gasteiger partial charge in [0, 0.05) is 32.6 Å². The van der Waals surface area contributed by atoms with E-state index in [-0.39, 0.29) is 24.0 Å². The first kappa shape index (κ1) is 24.9. The quantitative estimate of drug-likeness (QED) is 0.255. The number of aromatic nitrogens is 2. The van der Waals surface area contributed by atoms with E-state index in [1.807, 2.05) is 59.5 Å². The second-order valence-electron chi connectivity index (χ2n) is 6.97. The summed E-state index contributed by atoms with van der Waals surface area (Å²) >= 11 is 0. The Morgan fingerprint density at radius 2 is 1.58 bits per heavy atom. The highest BCUT2D eigenvalue weighted by Gasteiger charge is 2.06. The smallest absolute Gasteiger partial charge is 0.190 e. The third-order valence-electron chi connectivity index (χ3n) is 4.64. The van der Waals surface area contributed by atoms with Crippen LogP contribution in [-0.4, -0.2) is 50.6 Å². The summed E-state index contributed by atoms with van der Waals surface area (Å²) in [4.78, 5) is 4.58. The number of guanidine groups is 1. The molecule has 3 rings (SSSR count). The maximum absolute atomic E-state index is 11.5. The van der Waals surface area contributed by atoms with E-state index >= 15 is 0 Å². The largest absolute Gasteiger partial charge is 0.356 e. The molecule has 0 amide bonds. The van der Waals surface area contributed by atoms with Crippen molar-refractivity contribution in [2.45, 2.75) is 17.7 Å². The molecule has 0 fully saturated rings. The first-order chi connectivity index (χ1) is 14.5. The Labute approximate surface area is 200 Å². The molecule has 0 radical (unpaired) electrons. The van der Waals surface area contributed by atoms with Gasteiger partial charge in [0.15, 0.2) is 15.8 Å². The first-order valence-electron chi connectivity index (χ1n) is 9.78. The Bertz CT molecular complexity index is 1080. The van der Waals surface area contributed by atoms with Gasteiger partial charge in [0.25, 0.3) is 0 Å². The third kappa shape index (κ3) is 7.66. The molecular formula is C22H28IN5O2S. The second kappa shape index (κ2) is 11.8. The Morgan fingerprint density at radius 3 is 2.16 bits per heavy atom. The number of para-hydroxylation sites is 1. The molecule has 9 heteroatoms. The van der Waals surface area contributed by atoms with Gasteiger partial charge >= 0.3 is 0 Å². The van der Waals surface area contributed by atoms with Crippen LogP contribution < -0.4 is 10.6 Å². The molecule has 0 bridgehead atoms. The van der Waals surface area contributed by atoms with Gasteiger partial charge in [-0.1, -0.05) is 30.3 Å². The lowest BCUT2D eigenvalue weighted by atomic mass is 10.1. The van der Waals surface area contributed by atoms with E-state index < -0.39 is 9.84 Å². The zero-order chi connectivity index (χ0) is 21.4. The van der Waals surface area contributed by atoms with Gasteiger partial charge in [-0.3, -0.25) is 4.99 Å². The van der Waals surface area contributed by atoms with Crippen molar-refractivity contribution in [3.8, 4) is 5.69 Å². The number of sulfone groups is 1. The average molecular weight is 553 g/mol. The molecule has 0 saturated carbocycles. The van der Waals surface area contributed by atoms with Gasteiger partial charge in [0.2, 0.25) is 0 Å². The first-order valence-corrected chi connectivity index (χ1v) is 11.7. The molecule has 7 nitrogen and oxygen atoms in total. The van der Waals surface area contributed by atoms with Crippen molar-refractivity contribution in [3.63, 3.8) is 0 Å². The molecule has 0 aliphatic rings. The number of rotatable bonds is 8. The predicted molar refractivity (Wildman–Crippen MR) is 135 cm³/mol. The van der Waals surface area contributed by atoms with Crippen LogP contribution >= 0.6 is 24.0 Å². The second-order valence-corrected chi connectivity index (χ2v) is 8.99. The highest BCUT2D eigenvalue weighted by atomic mass is 127. The maximum atomic E-state index is 11.5. The molecule has 166 valence electrons. The minimum absolute atomic E-state index is 0. The lowest BCUT2D eigenvalue weighted by Gasteiger charge is -2.11. The van der Waals surface area contributed by atoms with Crippen molar-refractivity contribution >= 4 is 39.8 Å². The molecule has 3 aromatic rings. The molecule has 1 aromatic heterocycles. The summed E-state index contributed by atoms with van der Waals surface area (Å²) < 4.78 is 24.9. The zero-order valence-electron chi connectivity index (χ0n) is 17.7. The zero-order valence-corrected chi connectivity index (χ0v) is 20.8. The van der Waals surface area contributed by atoms with E-state index in [1.54, 1.807) is 19.2 Å². The van der Waals surface area contributed by atoms with Crippen LogP contribution in [-0.2, 0) is 22.7 Å². The molecular weight excluding hydrogens is 525 g/mol. The summed E-state index contributed by atoms with van der Waals surface area (Å²) in [5.41, 5.74) is 3.25. The van der Waals surface area contributed by atoms with Crippen molar-refractivity contribution in [1.82, 2.24) is 20.4 Å². The highest BCUT2D eigenvalue weighted by molar-refractivity contribution is 14.0. The SMILES string of the molecule is CN=C(NCCc1ccc(S(C)(=O)=O)cc1)NCCc1cnn(-c2ccccc2)c1.I. The van der Waals surface area contributed by atoms with E-state index in [4.69, 9.17) is 0 Å². The van der Waals surface area contributed by atoms with E-state index in [0.717, 1.165) is 42.2 Å². The van der Waals surface area contributed by atoms with Crippen LogP contribution in [0.25, 0.3) is 5.69 Å². The summed E-state index contributed by atoms with van der Waals surface area (Å²) in [6.07, 6.45) is 6.74. The van der Waals surface area contributed by atoms with Gasteiger partial charge in [0.1, 0.15) is 0 Å². The topological polar surface area (TPSA) is 88.4 Å². The van der Waals surface area contributed by atoms with Crippen molar-refractivity contribution in [2.24, 2.45) is 4.99 Å². The van der Waals surface area contributed by atoms with Gasteiger partial charge in [-0.25, -0.2) is 13.1 Å². The number of nitrogens with zero attached hydrogens (tertiary/aromatic N) is 3. The molecule has 0 spiro atoms. The Morgan fingerprint density at radius 1 is 0.968 bits per heavy atom. The number of nitrogens with one attached hydrogen (secondary N) is 2. The van der Waals surface area contributed by atoms with Gasteiger partial charge in [-0.05, 0) is 48.2 Å². The van der Waals surface area contributed by atoms with E-state index in [0.29, 0.717) is 11.4 Å². The van der Waals surface area contributed by atoms with Crippen molar-refractivity contribution in [1.29, 1.82) is 0 Å². The minimum Gasteiger partial charge on any atom is -0.356 e. The normalized spacial score (nSPS) is 11.6. The third-order valence-corrected chi connectivity index (χ3v) is 5.77. The van der Waals surface area contributed by atoms with Crippen molar-refractivity contribution in [2.75, 3.05) is 26.4 Å². The minimum atomic E-state index is -3.16. The fourth-order valence-electron chi connectivity index (χ4n) is 2.99. The van der Waals surface area contributed by atoms with Crippen molar-refractivity contribution < 1.29 is 8.42 Å². The fraction of sp³-hybridized carbons (Fsp3) is 0.273. The maximum Gasteiger partial charge on any atom is 0.190 e. The van der Waals surface area contributed by atoms with Crippen LogP contribution in [0, 0.1) is 0 Å². The lowest BCUT2D eigenvalue weighted by Crippen LogP contribution is -2.39. The molecule has 0 aliphatic heterocycles. The number of aliphatic imine (C=N–C) groups is 1. The highest BCUT2D eigenvalue weighted by Crippen LogP contribution is 2.10. The number of halogens is 1. The molecule has 0 saturated heterocycles. The monoisotopic (exact) mass is 553 g/mol. The van der Waals surface area contributed by atoms with Gasteiger partial charge in [-0.2, -0.15) is 5.10 Å². The Kier molecular flexibility index (Phi) is 9.50. The van der Waals surface area contributed by atoms with Gasteiger partial charge < -0.3 is 10.6 Å². The van der Waals surface area contributed by atoms with Crippen LogP contribution in [0.4, 0.5) is 0 Å². The molecule has 0 unspecified atom stereocenters. The summed E-state index contributed by atoms with van der Waals surface area (Å²) in [6, 6.07) is 17.0. The number of hydrogen-bond donors (Lipinski definition) is 2. The van der Waals surface area contributed by atoms with Gasteiger partial charge in [0.05, 0.1) is 16.8 Å². The molecule has 31 heavy (non-hydrogen) atoms. The summed E-state index contributed by atoms with van der Waals surface area (Å²) in [7, 11) is -1.42. The standard InChI is InChI=1S/C22H27N5O2S.HI/c1-23-22(24-14-12-18-8-10-21(11-9-18)30(2,28)29)25-15-13-19-16-26-27(17-19)20-6-4-3-5-7-20;/h3-11,16-17H,12-15H2,1-2H3,(H2,23,24,25);1H. The van der Waals surface area contributed by atoms with E-state index in [1.165, 1.54) is 6.26 Å². The summed E-state index contributed by atoms with van der Waals surface area (Å²) in [5, 5.41) is 11.0. The fourth-order valence-corrected chi connectivity index (χ4v) is 3.62. The summed E-state index contributed by atoms with van der Waals surface area (Å²) in [6.45, 7) is 1.44. The van der Waals surface area contributed by atoms with Gasteiger partial charge in [-0.15, -0.1) is 24.0 Å². The summed E-state index contributed by atoms with van der Waals surface area (Å²) in [5.74, 6) is 0.734. The molecule has 2 N–H and O–H groups in total.